The Labute approximate surface area is 183 Å². The fourth-order valence-corrected chi connectivity index (χ4v) is 3.05. The lowest BCUT2D eigenvalue weighted by atomic mass is 10.2. The Morgan fingerprint density at radius 1 is 1.21 bits per heavy atom. The monoisotopic (exact) mass is 528 g/mol. The SMILES string of the molecule is CCc1cnc(CCNC(=NC)NCc2ccc(OCC(F)(F)F)cc2)s1.I. The maximum atomic E-state index is 12.1. The van der Waals surface area contributed by atoms with Gasteiger partial charge in [-0.25, -0.2) is 4.98 Å². The van der Waals surface area contributed by atoms with Crippen molar-refractivity contribution >= 4 is 41.3 Å². The van der Waals surface area contributed by atoms with Gasteiger partial charge in [0.15, 0.2) is 12.6 Å². The Kier molecular flexibility index (Phi) is 10.6. The molecule has 0 radical (unpaired) electrons. The van der Waals surface area contributed by atoms with Crippen molar-refractivity contribution in [3.63, 3.8) is 0 Å². The molecule has 0 saturated heterocycles. The van der Waals surface area contributed by atoms with Gasteiger partial charge in [0.05, 0.1) is 5.01 Å². The molecule has 0 unspecified atom stereocenters. The van der Waals surface area contributed by atoms with Crippen LogP contribution in [0.3, 0.4) is 0 Å². The predicted octanol–water partition coefficient (Wildman–Crippen LogP) is 4.17. The van der Waals surface area contributed by atoms with Crippen LogP contribution in [0.5, 0.6) is 5.75 Å². The third-order valence-electron chi connectivity index (χ3n) is 3.59. The molecule has 1 heterocycles. The number of alkyl halides is 3. The van der Waals surface area contributed by atoms with Crippen LogP contribution in [-0.4, -0.2) is 37.3 Å². The number of halogens is 4. The van der Waals surface area contributed by atoms with Crippen molar-refractivity contribution in [3.05, 3.63) is 45.9 Å². The van der Waals surface area contributed by atoms with Gasteiger partial charge in [0.25, 0.3) is 0 Å². The molecule has 2 aromatic rings. The van der Waals surface area contributed by atoms with Crippen LogP contribution in [0.1, 0.15) is 22.4 Å². The second kappa shape index (κ2) is 12.1. The van der Waals surface area contributed by atoms with E-state index in [4.69, 9.17) is 4.74 Å². The molecule has 0 atom stereocenters. The number of hydrogen-bond acceptors (Lipinski definition) is 4. The van der Waals surface area contributed by atoms with Gasteiger partial charge in [-0.3, -0.25) is 4.99 Å². The number of thiazole rings is 1. The van der Waals surface area contributed by atoms with Gasteiger partial charge >= 0.3 is 6.18 Å². The van der Waals surface area contributed by atoms with E-state index in [-0.39, 0.29) is 29.7 Å². The maximum Gasteiger partial charge on any atom is 0.422 e. The molecular weight excluding hydrogens is 504 g/mol. The molecular formula is C18H24F3IN4OS. The van der Waals surface area contributed by atoms with E-state index in [0.29, 0.717) is 19.0 Å². The Morgan fingerprint density at radius 2 is 1.93 bits per heavy atom. The zero-order chi connectivity index (χ0) is 19.7. The minimum atomic E-state index is -4.34. The molecule has 28 heavy (non-hydrogen) atoms. The number of benzene rings is 1. The minimum absolute atomic E-state index is 0. The molecule has 0 amide bonds. The number of guanidine groups is 1. The van der Waals surface area contributed by atoms with E-state index in [2.05, 4.69) is 27.5 Å². The molecule has 0 bridgehead atoms. The van der Waals surface area contributed by atoms with Crippen LogP contribution in [0.15, 0.2) is 35.5 Å². The lowest BCUT2D eigenvalue weighted by Crippen LogP contribution is -2.37. The minimum Gasteiger partial charge on any atom is -0.484 e. The number of aryl methyl sites for hydroxylation is 1. The first-order valence-corrected chi connectivity index (χ1v) is 9.38. The third kappa shape index (κ3) is 9.09. The molecule has 0 spiro atoms. The first kappa shape index (κ1) is 24.5. The molecule has 0 aliphatic heterocycles. The van der Waals surface area contributed by atoms with Crippen LogP contribution in [0.2, 0.25) is 0 Å². The Bertz CT molecular complexity index is 735. The smallest absolute Gasteiger partial charge is 0.422 e. The first-order valence-electron chi connectivity index (χ1n) is 8.56. The van der Waals surface area contributed by atoms with Crippen LogP contribution in [0.25, 0.3) is 0 Å². The Balaban J connectivity index is 0.00000392. The van der Waals surface area contributed by atoms with Crippen LogP contribution < -0.4 is 15.4 Å². The van der Waals surface area contributed by atoms with Gasteiger partial charge in [-0.2, -0.15) is 13.2 Å². The highest BCUT2D eigenvalue weighted by atomic mass is 127. The highest BCUT2D eigenvalue weighted by Crippen LogP contribution is 2.18. The topological polar surface area (TPSA) is 58.5 Å². The number of nitrogens with zero attached hydrogens (tertiary/aromatic N) is 2. The third-order valence-corrected chi connectivity index (χ3v) is 4.79. The molecule has 2 rings (SSSR count). The van der Waals surface area contributed by atoms with Gasteiger partial charge < -0.3 is 15.4 Å². The summed E-state index contributed by atoms with van der Waals surface area (Å²) in [6.45, 7) is 2.02. The van der Waals surface area contributed by atoms with Crippen molar-refractivity contribution in [2.24, 2.45) is 4.99 Å². The molecule has 0 saturated carbocycles. The average molecular weight is 528 g/mol. The van der Waals surface area contributed by atoms with E-state index in [1.54, 1.807) is 30.5 Å². The molecule has 0 aliphatic carbocycles. The predicted molar refractivity (Wildman–Crippen MR) is 117 cm³/mol. The number of aromatic nitrogens is 1. The van der Waals surface area contributed by atoms with Crippen molar-refractivity contribution in [2.45, 2.75) is 32.5 Å². The summed E-state index contributed by atoms with van der Waals surface area (Å²) in [5.41, 5.74) is 0.907. The van der Waals surface area contributed by atoms with Crippen molar-refractivity contribution in [3.8, 4) is 5.75 Å². The van der Waals surface area contributed by atoms with Crippen molar-refractivity contribution in [2.75, 3.05) is 20.2 Å². The van der Waals surface area contributed by atoms with E-state index in [1.807, 2.05) is 6.20 Å². The standard InChI is InChI=1S/C18H23F3N4OS.HI/c1-3-15-11-24-16(27-15)8-9-23-17(22-2)25-10-13-4-6-14(7-5-13)26-12-18(19,20)21;/h4-7,11H,3,8-10,12H2,1-2H3,(H2,22,23,25);1H. The largest absolute Gasteiger partial charge is 0.484 e. The highest BCUT2D eigenvalue weighted by molar-refractivity contribution is 14.0. The number of nitrogens with one attached hydrogen (secondary N) is 2. The summed E-state index contributed by atoms with van der Waals surface area (Å²) in [5.74, 6) is 0.841. The molecule has 0 aliphatic rings. The van der Waals surface area contributed by atoms with Crippen LogP contribution in [-0.2, 0) is 19.4 Å². The van der Waals surface area contributed by atoms with Gasteiger partial charge in [0, 0.05) is 37.6 Å². The molecule has 5 nitrogen and oxygen atoms in total. The summed E-state index contributed by atoms with van der Waals surface area (Å²) < 4.78 is 41.1. The molecule has 1 aromatic carbocycles. The lowest BCUT2D eigenvalue weighted by Gasteiger charge is -2.12. The summed E-state index contributed by atoms with van der Waals surface area (Å²) in [6, 6.07) is 6.47. The Hall–Kier alpha value is -1.56. The Morgan fingerprint density at radius 3 is 2.50 bits per heavy atom. The van der Waals surface area contributed by atoms with Crippen molar-refractivity contribution in [1.82, 2.24) is 15.6 Å². The lowest BCUT2D eigenvalue weighted by molar-refractivity contribution is -0.153. The summed E-state index contributed by atoms with van der Waals surface area (Å²) in [5, 5.41) is 7.47. The molecule has 2 N–H and O–H groups in total. The fraction of sp³-hybridized carbons (Fsp3) is 0.444. The van der Waals surface area contributed by atoms with E-state index in [1.165, 1.54) is 17.0 Å². The molecule has 156 valence electrons. The number of ether oxygens (including phenoxy) is 1. The van der Waals surface area contributed by atoms with Gasteiger partial charge in [-0.1, -0.05) is 19.1 Å². The van der Waals surface area contributed by atoms with E-state index >= 15 is 0 Å². The molecule has 0 fully saturated rings. The van der Waals surface area contributed by atoms with E-state index < -0.39 is 12.8 Å². The molecule has 10 heteroatoms. The summed E-state index contributed by atoms with van der Waals surface area (Å²) in [7, 11) is 1.68. The normalized spacial score (nSPS) is 11.7. The van der Waals surface area contributed by atoms with Crippen molar-refractivity contribution in [1.29, 1.82) is 0 Å². The number of aliphatic imine (C=N–C) groups is 1. The first-order chi connectivity index (χ1) is 12.9. The zero-order valence-electron chi connectivity index (χ0n) is 15.7. The summed E-state index contributed by atoms with van der Waals surface area (Å²) in [4.78, 5) is 9.81. The quantitative estimate of drug-likeness (QED) is 0.307. The highest BCUT2D eigenvalue weighted by Gasteiger charge is 2.28. The van der Waals surface area contributed by atoms with Gasteiger partial charge in [-0.15, -0.1) is 35.3 Å². The molecule has 1 aromatic heterocycles. The van der Waals surface area contributed by atoms with E-state index in [9.17, 15) is 13.2 Å². The zero-order valence-corrected chi connectivity index (χ0v) is 18.8. The van der Waals surface area contributed by atoms with Crippen molar-refractivity contribution < 1.29 is 17.9 Å². The summed E-state index contributed by atoms with van der Waals surface area (Å²) in [6.07, 6.45) is -0.616. The van der Waals surface area contributed by atoms with Gasteiger partial charge in [-0.05, 0) is 24.1 Å². The van der Waals surface area contributed by atoms with Gasteiger partial charge in [0.2, 0.25) is 0 Å². The second-order valence-corrected chi connectivity index (χ2v) is 6.92. The average Bonchev–Trinajstić information content (AvgIpc) is 3.11. The van der Waals surface area contributed by atoms with Gasteiger partial charge in [0.1, 0.15) is 5.75 Å². The van der Waals surface area contributed by atoms with E-state index in [0.717, 1.165) is 23.4 Å². The van der Waals surface area contributed by atoms with Crippen LogP contribution in [0, 0.1) is 0 Å². The number of hydrogen-bond donors (Lipinski definition) is 2. The van der Waals surface area contributed by atoms with Crippen LogP contribution in [0.4, 0.5) is 13.2 Å². The van der Waals surface area contributed by atoms with Crippen LogP contribution >= 0.6 is 35.3 Å². The second-order valence-electron chi connectivity index (χ2n) is 5.72. The maximum absolute atomic E-state index is 12.1. The fourth-order valence-electron chi connectivity index (χ4n) is 2.19. The number of rotatable bonds is 8. The summed E-state index contributed by atoms with van der Waals surface area (Å²) >= 11 is 1.72.